The molecule has 1 saturated heterocycles. The average molecular weight is 360 g/mol. The molecule has 3 rings (SSSR count). The molecule has 1 aromatic carbocycles. The lowest BCUT2D eigenvalue weighted by molar-refractivity contribution is 0.0691. The number of pyridine rings is 1. The first-order valence-corrected chi connectivity index (χ1v) is 8.80. The molecule has 1 amide bonds. The predicted molar refractivity (Wildman–Crippen MR) is 99.8 cm³/mol. The first-order chi connectivity index (χ1) is 12.1. The molecule has 2 heterocycles. The number of carbonyl (C=O) groups is 1. The molecule has 1 aromatic heterocycles. The van der Waals surface area contributed by atoms with Gasteiger partial charge in [0.15, 0.2) is 0 Å². The van der Waals surface area contributed by atoms with E-state index in [4.69, 9.17) is 16.3 Å². The summed E-state index contributed by atoms with van der Waals surface area (Å²) in [5.74, 6) is 1.38. The number of methoxy groups -OCH3 is 1. The van der Waals surface area contributed by atoms with Crippen molar-refractivity contribution in [2.75, 3.05) is 25.5 Å². The Balaban J connectivity index is 1.70. The molecule has 0 bridgehead atoms. The number of amides is 1. The maximum Gasteiger partial charge on any atom is 0.272 e. The van der Waals surface area contributed by atoms with E-state index < -0.39 is 0 Å². The Morgan fingerprint density at radius 3 is 2.68 bits per heavy atom. The van der Waals surface area contributed by atoms with Gasteiger partial charge in [-0.1, -0.05) is 18.5 Å². The lowest BCUT2D eigenvalue weighted by Crippen LogP contribution is -2.38. The SMILES string of the molecule is COc1ccc(Cl)cc1Nc1ccc(C(=O)N2CCC(C)CC2)nc1. The standard InChI is InChI=1S/C19H22ClN3O2/c1-13-7-9-23(10-8-13)19(24)16-5-4-15(12-21-16)22-17-11-14(20)3-6-18(17)25-2/h3-6,11-13,22H,7-10H2,1-2H3. The highest BCUT2D eigenvalue weighted by molar-refractivity contribution is 6.31. The van der Waals surface area contributed by atoms with Crippen molar-refractivity contribution in [1.29, 1.82) is 0 Å². The van der Waals surface area contributed by atoms with Gasteiger partial charge < -0.3 is 15.0 Å². The van der Waals surface area contributed by atoms with Crippen molar-refractivity contribution in [2.45, 2.75) is 19.8 Å². The fourth-order valence-electron chi connectivity index (χ4n) is 2.90. The fourth-order valence-corrected chi connectivity index (χ4v) is 3.07. The Hall–Kier alpha value is -2.27. The number of rotatable bonds is 4. The van der Waals surface area contributed by atoms with Gasteiger partial charge in [-0.3, -0.25) is 4.79 Å². The number of hydrogen-bond acceptors (Lipinski definition) is 4. The van der Waals surface area contributed by atoms with Crippen LogP contribution < -0.4 is 10.1 Å². The maximum atomic E-state index is 12.5. The zero-order valence-electron chi connectivity index (χ0n) is 14.5. The molecular weight excluding hydrogens is 338 g/mol. The Bertz CT molecular complexity index is 741. The number of carbonyl (C=O) groups excluding carboxylic acids is 1. The molecule has 1 fully saturated rings. The van der Waals surface area contributed by atoms with Crippen LogP contribution in [0, 0.1) is 5.92 Å². The minimum atomic E-state index is -0.00112. The summed E-state index contributed by atoms with van der Waals surface area (Å²) in [6, 6.07) is 8.94. The lowest BCUT2D eigenvalue weighted by Gasteiger charge is -2.30. The van der Waals surface area contributed by atoms with Crippen molar-refractivity contribution in [2.24, 2.45) is 5.92 Å². The fraction of sp³-hybridized carbons (Fsp3) is 0.368. The third-order valence-electron chi connectivity index (χ3n) is 4.49. The number of likely N-dealkylation sites (tertiary alicyclic amines) is 1. The third-order valence-corrected chi connectivity index (χ3v) is 4.73. The molecule has 1 aliphatic heterocycles. The smallest absolute Gasteiger partial charge is 0.272 e. The number of aromatic nitrogens is 1. The molecule has 0 atom stereocenters. The van der Waals surface area contributed by atoms with E-state index >= 15 is 0 Å². The van der Waals surface area contributed by atoms with Crippen LogP contribution in [0.3, 0.4) is 0 Å². The molecule has 0 saturated carbocycles. The normalized spacial score (nSPS) is 15.1. The van der Waals surface area contributed by atoms with Gasteiger partial charge in [0.25, 0.3) is 5.91 Å². The van der Waals surface area contributed by atoms with Crippen molar-refractivity contribution in [3.05, 3.63) is 47.2 Å². The van der Waals surface area contributed by atoms with E-state index in [9.17, 15) is 4.79 Å². The summed E-state index contributed by atoms with van der Waals surface area (Å²) in [4.78, 5) is 18.7. The number of halogens is 1. The summed E-state index contributed by atoms with van der Waals surface area (Å²) in [6.45, 7) is 3.84. The molecular formula is C19H22ClN3O2. The summed E-state index contributed by atoms with van der Waals surface area (Å²) in [7, 11) is 1.61. The van der Waals surface area contributed by atoms with Crippen LogP contribution in [0.2, 0.25) is 5.02 Å². The van der Waals surface area contributed by atoms with Crippen molar-refractivity contribution in [3.8, 4) is 5.75 Å². The maximum absolute atomic E-state index is 12.5. The number of benzene rings is 1. The summed E-state index contributed by atoms with van der Waals surface area (Å²) < 4.78 is 5.32. The Labute approximate surface area is 153 Å². The summed E-state index contributed by atoms with van der Waals surface area (Å²) >= 11 is 6.04. The van der Waals surface area contributed by atoms with Gasteiger partial charge in [-0.25, -0.2) is 4.98 Å². The Morgan fingerprint density at radius 2 is 2.04 bits per heavy atom. The highest BCUT2D eigenvalue weighted by atomic mass is 35.5. The Kier molecular flexibility index (Phi) is 5.43. The number of anilines is 2. The van der Waals surface area contributed by atoms with Crippen molar-refractivity contribution < 1.29 is 9.53 Å². The summed E-state index contributed by atoms with van der Waals surface area (Å²) in [5, 5.41) is 3.83. The van der Waals surface area contributed by atoms with Crippen LogP contribution >= 0.6 is 11.6 Å². The molecule has 2 aromatic rings. The van der Waals surface area contributed by atoms with Gasteiger partial charge in [0, 0.05) is 18.1 Å². The second-order valence-corrected chi connectivity index (χ2v) is 6.81. The number of nitrogens with zero attached hydrogens (tertiary/aromatic N) is 2. The van der Waals surface area contributed by atoms with Crippen molar-refractivity contribution >= 4 is 28.9 Å². The van der Waals surface area contributed by atoms with E-state index in [0.29, 0.717) is 22.4 Å². The van der Waals surface area contributed by atoms with Crippen LogP contribution in [-0.4, -0.2) is 36.0 Å². The second kappa shape index (κ2) is 7.74. The molecule has 5 nitrogen and oxygen atoms in total. The average Bonchev–Trinajstić information content (AvgIpc) is 2.63. The van der Waals surface area contributed by atoms with E-state index in [0.717, 1.165) is 37.3 Å². The summed E-state index contributed by atoms with van der Waals surface area (Å²) in [5.41, 5.74) is 1.99. The number of hydrogen-bond donors (Lipinski definition) is 1. The quantitative estimate of drug-likeness (QED) is 0.881. The van der Waals surface area contributed by atoms with E-state index in [1.807, 2.05) is 11.0 Å². The van der Waals surface area contributed by atoms with E-state index in [1.54, 1.807) is 37.6 Å². The minimum absolute atomic E-state index is 0.00112. The number of ether oxygens (including phenoxy) is 1. The van der Waals surface area contributed by atoms with Gasteiger partial charge in [0.2, 0.25) is 0 Å². The van der Waals surface area contributed by atoms with Crippen LogP contribution in [0.1, 0.15) is 30.3 Å². The molecule has 1 aliphatic rings. The first-order valence-electron chi connectivity index (χ1n) is 8.42. The molecule has 25 heavy (non-hydrogen) atoms. The molecule has 1 N–H and O–H groups in total. The van der Waals surface area contributed by atoms with Crippen LogP contribution in [0.4, 0.5) is 11.4 Å². The lowest BCUT2D eigenvalue weighted by atomic mass is 9.99. The van der Waals surface area contributed by atoms with E-state index in [-0.39, 0.29) is 5.91 Å². The minimum Gasteiger partial charge on any atom is -0.495 e. The molecule has 6 heteroatoms. The zero-order chi connectivity index (χ0) is 17.8. The summed E-state index contributed by atoms with van der Waals surface area (Å²) in [6.07, 6.45) is 3.76. The van der Waals surface area contributed by atoms with Gasteiger partial charge in [0.1, 0.15) is 11.4 Å². The Morgan fingerprint density at radius 1 is 1.28 bits per heavy atom. The van der Waals surface area contributed by atoms with Gasteiger partial charge >= 0.3 is 0 Å². The molecule has 132 valence electrons. The number of nitrogens with one attached hydrogen (secondary N) is 1. The molecule has 0 spiro atoms. The highest BCUT2D eigenvalue weighted by Crippen LogP contribution is 2.30. The van der Waals surface area contributed by atoms with Crippen molar-refractivity contribution in [3.63, 3.8) is 0 Å². The van der Waals surface area contributed by atoms with Gasteiger partial charge in [-0.2, -0.15) is 0 Å². The largest absolute Gasteiger partial charge is 0.495 e. The van der Waals surface area contributed by atoms with Gasteiger partial charge in [-0.15, -0.1) is 0 Å². The van der Waals surface area contributed by atoms with Crippen LogP contribution in [-0.2, 0) is 0 Å². The van der Waals surface area contributed by atoms with Crippen LogP contribution in [0.15, 0.2) is 36.5 Å². The van der Waals surface area contributed by atoms with Crippen molar-refractivity contribution in [1.82, 2.24) is 9.88 Å². The van der Waals surface area contributed by atoms with Crippen LogP contribution in [0.5, 0.6) is 5.75 Å². The van der Waals surface area contributed by atoms with Gasteiger partial charge in [0.05, 0.1) is 24.7 Å². The molecule has 0 radical (unpaired) electrons. The van der Waals surface area contributed by atoms with Crippen LogP contribution in [0.25, 0.3) is 0 Å². The monoisotopic (exact) mass is 359 g/mol. The highest BCUT2D eigenvalue weighted by Gasteiger charge is 2.22. The topological polar surface area (TPSA) is 54.5 Å². The predicted octanol–water partition coefficient (Wildman–Crippen LogP) is 4.36. The zero-order valence-corrected chi connectivity index (χ0v) is 15.2. The van der Waals surface area contributed by atoms with E-state index in [1.165, 1.54) is 0 Å². The second-order valence-electron chi connectivity index (χ2n) is 6.38. The first kappa shape index (κ1) is 17.5. The molecule has 0 unspecified atom stereocenters. The number of piperidine rings is 1. The van der Waals surface area contributed by atoms with E-state index in [2.05, 4.69) is 17.2 Å². The third kappa shape index (κ3) is 4.23. The van der Waals surface area contributed by atoms with Gasteiger partial charge in [-0.05, 0) is 49.1 Å². The molecule has 0 aliphatic carbocycles.